The number of esters is 2. The third-order valence-corrected chi connectivity index (χ3v) is 5.30. The van der Waals surface area contributed by atoms with Gasteiger partial charge in [0, 0.05) is 17.9 Å². The lowest BCUT2D eigenvalue weighted by molar-refractivity contribution is -0.173. The SMILES string of the molecule is CCOC(=O)C1(C(=O)OCC)Cc2ccc(O)c(-c3ccccc3)c2C1C. The molecule has 0 spiro atoms. The summed E-state index contributed by atoms with van der Waals surface area (Å²) in [5.41, 5.74) is 1.69. The molecule has 0 aliphatic heterocycles. The van der Waals surface area contributed by atoms with Crippen LogP contribution < -0.4 is 0 Å². The molecule has 5 nitrogen and oxygen atoms in total. The Hall–Kier alpha value is -2.82. The lowest BCUT2D eigenvalue weighted by Gasteiger charge is -2.29. The average Bonchev–Trinajstić information content (AvgIpc) is 2.97. The van der Waals surface area contributed by atoms with Gasteiger partial charge in [0.15, 0.2) is 5.41 Å². The second-order valence-corrected chi connectivity index (χ2v) is 6.71. The first kappa shape index (κ1) is 19.0. The number of rotatable bonds is 5. The van der Waals surface area contributed by atoms with Gasteiger partial charge in [0.1, 0.15) is 5.75 Å². The van der Waals surface area contributed by atoms with E-state index in [2.05, 4.69) is 0 Å². The molecule has 2 aromatic rings. The lowest BCUT2D eigenvalue weighted by atomic mass is 9.76. The Bertz CT molecular complexity index is 839. The van der Waals surface area contributed by atoms with E-state index in [9.17, 15) is 14.7 Å². The molecule has 0 fully saturated rings. The molecule has 0 aromatic heterocycles. The Balaban J connectivity index is 2.19. The number of aromatic hydroxyl groups is 1. The summed E-state index contributed by atoms with van der Waals surface area (Å²) in [4.78, 5) is 25.8. The summed E-state index contributed by atoms with van der Waals surface area (Å²) >= 11 is 0. The maximum atomic E-state index is 12.9. The first-order valence-electron chi connectivity index (χ1n) is 9.21. The van der Waals surface area contributed by atoms with Gasteiger partial charge in [0.25, 0.3) is 0 Å². The highest BCUT2D eigenvalue weighted by Gasteiger charge is 2.58. The number of phenolic OH excluding ortho intramolecular Hbond substituents is 1. The molecule has 5 heteroatoms. The fourth-order valence-electron chi connectivity index (χ4n) is 4.01. The van der Waals surface area contributed by atoms with Gasteiger partial charge in [-0.05, 0) is 36.6 Å². The molecule has 2 aromatic carbocycles. The number of carbonyl (C=O) groups is 2. The van der Waals surface area contributed by atoms with Crippen molar-refractivity contribution in [1.82, 2.24) is 0 Å². The summed E-state index contributed by atoms with van der Waals surface area (Å²) < 4.78 is 10.5. The quantitative estimate of drug-likeness (QED) is 0.641. The van der Waals surface area contributed by atoms with Crippen molar-refractivity contribution in [1.29, 1.82) is 0 Å². The lowest BCUT2D eigenvalue weighted by Crippen LogP contribution is -2.44. The number of ether oxygens (including phenoxy) is 2. The molecule has 0 saturated carbocycles. The molecular weight excluding hydrogens is 344 g/mol. The van der Waals surface area contributed by atoms with E-state index in [1.165, 1.54) is 0 Å². The van der Waals surface area contributed by atoms with Gasteiger partial charge in [-0.25, -0.2) is 0 Å². The third-order valence-electron chi connectivity index (χ3n) is 5.30. The standard InChI is InChI=1S/C22H24O5/c1-4-26-20(24)22(21(25)27-5-2)13-16-11-12-17(23)19(18(16)14(22)3)15-9-7-6-8-10-15/h6-12,14,23H,4-5,13H2,1-3H3. The summed E-state index contributed by atoms with van der Waals surface area (Å²) in [6.45, 7) is 5.61. The Labute approximate surface area is 158 Å². The molecule has 1 aliphatic carbocycles. The van der Waals surface area contributed by atoms with Crippen molar-refractivity contribution in [2.45, 2.75) is 33.1 Å². The summed E-state index contributed by atoms with van der Waals surface area (Å²) in [7, 11) is 0. The van der Waals surface area contributed by atoms with Crippen LogP contribution in [0.3, 0.4) is 0 Å². The number of hydrogen-bond acceptors (Lipinski definition) is 5. The summed E-state index contributed by atoms with van der Waals surface area (Å²) in [6.07, 6.45) is 0.196. The molecule has 1 unspecified atom stereocenters. The van der Waals surface area contributed by atoms with Crippen LogP contribution in [0.5, 0.6) is 5.75 Å². The molecular formula is C22H24O5. The van der Waals surface area contributed by atoms with E-state index >= 15 is 0 Å². The monoisotopic (exact) mass is 368 g/mol. The highest BCUT2D eigenvalue weighted by atomic mass is 16.6. The van der Waals surface area contributed by atoms with Crippen LogP contribution >= 0.6 is 0 Å². The topological polar surface area (TPSA) is 72.8 Å². The van der Waals surface area contributed by atoms with Crippen molar-refractivity contribution in [3.8, 4) is 16.9 Å². The van der Waals surface area contributed by atoms with E-state index in [1.807, 2.05) is 37.3 Å². The third kappa shape index (κ3) is 2.97. The molecule has 0 saturated heterocycles. The molecule has 3 rings (SSSR count). The zero-order chi connectivity index (χ0) is 19.6. The highest BCUT2D eigenvalue weighted by Crippen LogP contribution is 2.53. The number of phenols is 1. The van der Waals surface area contributed by atoms with Crippen molar-refractivity contribution >= 4 is 11.9 Å². The minimum atomic E-state index is -1.44. The minimum absolute atomic E-state index is 0.121. The second kappa shape index (κ2) is 7.43. The average molecular weight is 368 g/mol. The van der Waals surface area contributed by atoms with E-state index in [1.54, 1.807) is 26.0 Å². The van der Waals surface area contributed by atoms with Crippen LogP contribution in [0.2, 0.25) is 0 Å². The summed E-state index contributed by atoms with van der Waals surface area (Å²) in [5.74, 6) is -1.53. The number of benzene rings is 2. The first-order valence-corrected chi connectivity index (χ1v) is 9.21. The number of fused-ring (bicyclic) bond motifs is 1. The Morgan fingerprint density at radius 1 is 1.04 bits per heavy atom. The van der Waals surface area contributed by atoms with Crippen molar-refractivity contribution in [3.05, 3.63) is 53.6 Å². The normalized spacial score (nSPS) is 17.2. The molecule has 1 atom stereocenters. The van der Waals surface area contributed by atoms with E-state index in [4.69, 9.17) is 9.47 Å². The molecule has 142 valence electrons. The van der Waals surface area contributed by atoms with Crippen molar-refractivity contribution in [2.24, 2.45) is 5.41 Å². The Morgan fingerprint density at radius 3 is 2.19 bits per heavy atom. The van der Waals surface area contributed by atoms with Crippen LogP contribution in [0.25, 0.3) is 11.1 Å². The van der Waals surface area contributed by atoms with Gasteiger partial charge in [-0.2, -0.15) is 0 Å². The van der Waals surface area contributed by atoms with E-state index in [0.29, 0.717) is 5.56 Å². The van der Waals surface area contributed by atoms with E-state index in [0.717, 1.165) is 16.7 Å². The van der Waals surface area contributed by atoms with Gasteiger partial charge in [-0.3, -0.25) is 9.59 Å². The zero-order valence-electron chi connectivity index (χ0n) is 15.8. The molecule has 0 heterocycles. The van der Waals surface area contributed by atoms with Crippen LogP contribution in [0.4, 0.5) is 0 Å². The molecule has 1 aliphatic rings. The molecule has 0 radical (unpaired) electrons. The Morgan fingerprint density at radius 2 is 1.63 bits per heavy atom. The molecule has 0 amide bonds. The predicted molar refractivity (Wildman–Crippen MR) is 101 cm³/mol. The van der Waals surface area contributed by atoms with Crippen LogP contribution in [0.15, 0.2) is 42.5 Å². The fraction of sp³-hybridized carbons (Fsp3) is 0.364. The summed E-state index contributed by atoms with van der Waals surface area (Å²) in [6, 6.07) is 12.9. The molecule has 0 bridgehead atoms. The van der Waals surface area contributed by atoms with Crippen LogP contribution in [0.1, 0.15) is 37.8 Å². The number of hydrogen-bond donors (Lipinski definition) is 1. The fourth-order valence-corrected chi connectivity index (χ4v) is 4.01. The zero-order valence-corrected chi connectivity index (χ0v) is 15.8. The number of carbonyl (C=O) groups excluding carboxylic acids is 2. The van der Waals surface area contributed by atoms with Gasteiger partial charge < -0.3 is 14.6 Å². The van der Waals surface area contributed by atoms with Crippen molar-refractivity contribution in [3.63, 3.8) is 0 Å². The van der Waals surface area contributed by atoms with Gasteiger partial charge in [0.2, 0.25) is 0 Å². The van der Waals surface area contributed by atoms with Crippen molar-refractivity contribution in [2.75, 3.05) is 13.2 Å². The predicted octanol–water partition coefficient (Wildman–Crippen LogP) is 3.83. The largest absolute Gasteiger partial charge is 0.507 e. The smallest absolute Gasteiger partial charge is 0.324 e. The highest BCUT2D eigenvalue weighted by molar-refractivity contribution is 6.03. The van der Waals surface area contributed by atoms with Gasteiger partial charge in [0.05, 0.1) is 13.2 Å². The van der Waals surface area contributed by atoms with Gasteiger partial charge in [-0.1, -0.05) is 43.3 Å². The second-order valence-electron chi connectivity index (χ2n) is 6.71. The van der Waals surface area contributed by atoms with E-state index in [-0.39, 0.29) is 25.4 Å². The Kier molecular flexibility index (Phi) is 5.22. The van der Waals surface area contributed by atoms with Crippen LogP contribution in [-0.2, 0) is 25.5 Å². The maximum Gasteiger partial charge on any atom is 0.324 e. The van der Waals surface area contributed by atoms with E-state index < -0.39 is 23.3 Å². The first-order chi connectivity index (χ1) is 13.0. The van der Waals surface area contributed by atoms with Gasteiger partial charge in [-0.15, -0.1) is 0 Å². The summed E-state index contributed by atoms with van der Waals surface area (Å²) in [5, 5.41) is 10.6. The van der Waals surface area contributed by atoms with Gasteiger partial charge >= 0.3 is 11.9 Å². The van der Waals surface area contributed by atoms with Crippen LogP contribution in [-0.4, -0.2) is 30.3 Å². The van der Waals surface area contributed by atoms with Crippen molar-refractivity contribution < 1.29 is 24.2 Å². The van der Waals surface area contributed by atoms with Crippen LogP contribution in [0, 0.1) is 5.41 Å². The maximum absolute atomic E-state index is 12.9. The minimum Gasteiger partial charge on any atom is -0.507 e. The molecule has 27 heavy (non-hydrogen) atoms. The molecule has 1 N–H and O–H groups in total.